The zero-order valence-electron chi connectivity index (χ0n) is 8.72. The number of aromatic nitrogens is 2. The summed E-state index contributed by atoms with van der Waals surface area (Å²) >= 11 is 0. The van der Waals surface area contributed by atoms with E-state index in [0.717, 1.165) is 38.4 Å². The summed E-state index contributed by atoms with van der Waals surface area (Å²) in [4.78, 5) is 2.42. The van der Waals surface area contributed by atoms with E-state index in [4.69, 9.17) is 0 Å². The molecule has 4 nitrogen and oxygen atoms in total. The molecule has 0 aromatic carbocycles. The first-order valence-electron chi connectivity index (χ1n) is 5.15. The average molecular weight is 229 g/mol. The Bertz CT molecular complexity index is 259. The van der Waals surface area contributed by atoms with Crippen LogP contribution in [0.2, 0.25) is 0 Å². The van der Waals surface area contributed by atoms with Gasteiger partial charge >= 0.3 is 0 Å². The second-order valence-electron chi connectivity index (χ2n) is 3.59. The van der Waals surface area contributed by atoms with Crippen LogP contribution in [-0.2, 0) is 6.54 Å². The lowest BCUT2D eigenvalue weighted by molar-refractivity contribution is 0.280. The Morgan fingerprint density at radius 3 is 3.07 bits per heavy atom. The maximum Gasteiger partial charge on any atom is 0.0771 e. The van der Waals surface area contributed by atoms with Crippen LogP contribution in [0.25, 0.3) is 0 Å². The fourth-order valence-corrected chi connectivity index (χ4v) is 1.71. The zero-order chi connectivity index (χ0) is 9.64. The first kappa shape index (κ1) is 12.4. The van der Waals surface area contributed by atoms with Crippen molar-refractivity contribution in [3.05, 3.63) is 24.0 Å². The Kier molecular flexibility index (Phi) is 5.53. The molecule has 0 unspecified atom stereocenters. The van der Waals surface area contributed by atoms with Gasteiger partial charge in [-0.15, -0.1) is 12.4 Å². The van der Waals surface area contributed by atoms with Gasteiger partial charge in [-0.1, -0.05) is 0 Å². The van der Waals surface area contributed by atoms with Gasteiger partial charge in [-0.25, -0.2) is 0 Å². The van der Waals surface area contributed by atoms with Crippen molar-refractivity contribution in [2.45, 2.75) is 13.0 Å². The Labute approximate surface area is 96.5 Å². The molecule has 0 amide bonds. The molecular formula is C10H17ClN4. The Morgan fingerprint density at radius 1 is 1.33 bits per heavy atom. The van der Waals surface area contributed by atoms with Gasteiger partial charge in [0.05, 0.1) is 5.69 Å². The monoisotopic (exact) mass is 228 g/mol. The molecule has 0 atom stereocenters. The van der Waals surface area contributed by atoms with E-state index in [1.807, 2.05) is 12.1 Å². The molecule has 1 aliphatic rings. The van der Waals surface area contributed by atoms with Crippen molar-refractivity contribution >= 4 is 12.4 Å². The van der Waals surface area contributed by atoms with E-state index in [0.29, 0.717) is 0 Å². The molecule has 2 heterocycles. The van der Waals surface area contributed by atoms with Crippen LogP contribution in [0.3, 0.4) is 0 Å². The SMILES string of the molecule is Cl.c1cnnc(CN2CCCNCC2)c1. The minimum Gasteiger partial charge on any atom is -0.315 e. The van der Waals surface area contributed by atoms with Crippen molar-refractivity contribution in [2.75, 3.05) is 26.2 Å². The summed E-state index contributed by atoms with van der Waals surface area (Å²) in [5.41, 5.74) is 1.06. The van der Waals surface area contributed by atoms with E-state index in [9.17, 15) is 0 Å². The molecule has 1 saturated heterocycles. The predicted molar refractivity (Wildman–Crippen MR) is 62.0 cm³/mol. The van der Waals surface area contributed by atoms with Crippen LogP contribution in [0.1, 0.15) is 12.1 Å². The lowest BCUT2D eigenvalue weighted by atomic mass is 10.3. The summed E-state index contributed by atoms with van der Waals surface area (Å²) in [6.45, 7) is 5.41. The van der Waals surface area contributed by atoms with Gasteiger partial charge in [0.2, 0.25) is 0 Å². The first-order chi connectivity index (χ1) is 6.95. The van der Waals surface area contributed by atoms with Crippen molar-refractivity contribution in [3.8, 4) is 0 Å². The standard InChI is InChI=1S/C10H16N4.ClH/c1-3-10(13-12-5-1)9-14-7-2-4-11-6-8-14;/h1,3,5,11H,2,4,6-9H2;1H. The van der Waals surface area contributed by atoms with Crippen molar-refractivity contribution in [3.63, 3.8) is 0 Å². The van der Waals surface area contributed by atoms with Gasteiger partial charge < -0.3 is 5.32 Å². The molecule has 1 aromatic rings. The molecule has 1 N–H and O–H groups in total. The zero-order valence-corrected chi connectivity index (χ0v) is 9.54. The quantitative estimate of drug-likeness (QED) is 0.809. The minimum absolute atomic E-state index is 0. The summed E-state index contributed by atoms with van der Waals surface area (Å²) < 4.78 is 0. The van der Waals surface area contributed by atoms with Crippen LogP contribution >= 0.6 is 12.4 Å². The molecule has 1 aromatic heterocycles. The van der Waals surface area contributed by atoms with Gasteiger partial charge in [-0.2, -0.15) is 10.2 Å². The first-order valence-corrected chi connectivity index (χ1v) is 5.15. The summed E-state index contributed by atoms with van der Waals surface area (Å²) in [7, 11) is 0. The van der Waals surface area contributed by atoms with Crippen molar-refractivity contribution in [1.82, 2.24) is 20.4 Å². The number of nitrogens with zero attached hydrogens (tertiary/aromatic N) is 3. The van der Waals surface area contributed by atoms with Crippen LogP contribution in [0, 0.1) is 0 Å². The summed E-state index contributed by atoms with van der Waals surface area (Å²) in [5, 5.41) is 11.4. The predicted octanol–water partition coefficient (Wildman–Crippen LogP) is 0.694. The van der Waals surface area contributed by atoms with Crippen molar-refractivity contribution in [2.24, 2.45) is 0 Å². The van der Waals surface area contributed by atoms with E-state index in [-0.39, 0.29) is 12.4 Å². The van der Waals surface area contributed by atoms with E-state index >= 15 is 0 Å². The molecule has 1 fully saturated rings. The molecule has 1 aliphatic heterocycles. The minimum atomic E-state index is 0. The lowest BCUT2D eigenvalue weighted by Gasteiger charge is -2.18. The van der Waals surface area contributed by atoms with Gasteiger partial charge in [0.15, 0.2) is 0 Å². The molecular weight excluding hydrogens is 212 g/mol. The number of nitrogens with one attached hydrogen (secondary N) is 1. The number of hydrogen-bond acceptors (Lipinski definition) is 4. The molecule has 0 saturated carbocycles. The topological polar surface area (TPSA) is 41.1 Å². The van der Waals surface area contributed by atoms with E-state index < -0.39 is 0 Å². The highest BCUT2D eigenvalue weighted by molar-refractivity contribution is 5.85. The molecule has 0 aliphatic carbocycles. The summed E-state index contributed by atoms with van der Waals surface area (Å²) in [5.74, 6) is 0. The van der Waals surface area contributed by atoms with Crippen LogP contribution in [0.5, 0.6) is 0 Å². The summed E-state index contributed by atoms with van der Waals surface area (Å²) in [6, 6.07) is 3.98. The van der Waals surface area contributed by atoms with Gasteiger partial charge in [0.25, 0.3) is 0 Å². The van der Waals surface area contributed by atoms with Gasteiger partial charge in [-0.3, -0.25) is 4.90 Å². The van der Waals surface area contributed by atoms with Crippen LogP contribution < -0.4 is 5.32 Å². The third kappa shape index (κ3) is 4.11. The number of rotatable bonds is 2. The van der Waals surface area contributed by atoms with E-state index in [2.05, 4.69) is 20.4 Å². The fraction of sp³-hybridized carbons (Fsp3) is 0.600. The van der Waals surface area contributed by atoms with Gasteiger partial charge in [-0.05, 0) is 31.6 Å². The van der Waals surface area contributed by atoms with Crippen LogP contribution in [0.4, 0.5) is 0 Å². The van der Waals surface area contributed by atoms with Gasteiger partial charge in [0.1, 0.15) is 0 Å². The normalized spacial score (nSPS) is 17.9. The Balaban J connectivity index is 0.00000112. The Morgan fingerprint density at radius 2 is 2.27 bits per heavy atom. The maximum absolute atomic E-state index is 4.09. The number of halogens is 1. The largest absolute Gasteiger partial charge is 0.315 e. The summed E-state index contributed by atoms with van der Waals surface area (Å²) in [6.07, 6.45) is 2.94. The van der Waals surface area contributed by atoms with Crippen molar-refractivity contribution < 1.29 is 0 Å². The molecule has 84 valence electrons. The van der Waals surface area contributed by atoms with Gasteiger partial charge in [0, 0.05) is 25.8 Å². The average Bonchev–Trinajstić information content (AvgIpc) is 2.48. The molecule has 5 heteroatoms. The molecule has 0 bridgehead atoms. The molecule has 0 spiro atoms. The molecule has 0 radical (unpaired) electrons. The smallest absolute Gasteiger partial charge is 0.0771 e. The Hall–Kier alpha value is -0.710. The highest BCUT2D eigenvalue weighted by Crippen LogP contribution is 2.02. The molecule has 15 heavy (non-hydrogen) atoms. The van der Waals surface area contributed by atoms with Crippen LogP contribution in [0.15, 0.2) is 18.3 Å². The van der Waals surface area contributed by atoms with E-state index in [1.165, 1.54) is 6.42 Å². The second kappa shape index (κ2) is 6.71. The van der Waals surface area contributed by atoms with Crippen LogP contribution in [-0.4, -0.2) is 41.3 Å². The fourth-order valence-electron chi connectivity index (χ4n) is 1.71. The van der Waals surface area contributed by atoms with E-state index in [1.54, 1.807) is 6.20 Å². The number of hydrogen-bond donors (Lipinski definition) is 1. The lowest BCUT2D eigenvalue weighted by Crippen LogP contribution is -2.28. The molecule has 2 rings (SSSR count). The maximum atomic E-state index is 4.09. The second-order valence-corrected chi connectivity index (χ2v) is 3.59. The highest BCUT2D eigenvalue weighted by Gasteiger charge is 2.09. The highest BCUT2D eigenvalue weighted by atomic mass is 35.5. The third-order valence-electron chi connectivity index (χ3n) is 2.45. The van der Waals surface area contributed by atoms with Crippen molar-refractivity contribution in [1.29, 1.82) is 0 Å². The third-order valence-corrected chi connectivity index (χ3v) is 2.45.